The van der Waals surface area contributed by atoms with E-state index >= 15 is 0 Å². The fraction of sp³-hybridized carbons (Fsp3) is 0.808. The Morgan fingerprint density at radius 1 is 0.402 bits per heavy atom. The molecule has 0 aromatic rings. The van der Waals surface area contributed by atoms with Crippen LogP contribution in [0.25, 0.3) is 0 Å². The van der Waals surface area contributed by atoms with Gasteiger partial charge in [-0.25, -0.2) is 0 Å². The number of hydrogen-bond donors (Lipinski definition) is 9. The zero-order valence-electron chi connectivity index (χ0n) is 58.3. The molecular formula is C78H139NO13. The summed E-state index contributed by atoms with van der Waals surface area (Å²) in [6.45, 7) is 2.70. The first-order chi connectivity index (χ1) is 45.1. The number of aliphatic hydroxyl groups excluding tert-OH is 8. The summed E-state index contributed by atoms with van der Waals surface area (Å²) in [4.78, 5) is 13.4. The average Bonchev–Trinajstić information content (AvgIpc) is 0.836. The number of aliphatic hydroxyl groups is 8. The molecule has 12 unspecified atom stereocenters. The summed E-state index contributed by atoms with van der Waals surface area (Å²) in [6, 6.07) is -0.944. The Bertz CT molecular complexity index is 1870. The molecule has 9 N–H and O–H groups in total. The van der Waals surface area contributed by atoms with Gasteiger partial charge in [-0.05, 0) is 83.5 Å². The minimum Gasteiger partial charge on any atom is -0.394 e. The third kappa shape index (κ3) is 44.8. The smallest absolute Gasteiger partial charge is 0.220 e. The van der Waals surface area contributed by atoms with Crippen molar-refractivity contribution < 1.29 is 64.6 Å². The van der Waals surface area contributed by atoms with E-state index in [0.29, 0.717) is 12.8 Å². The van der Waals surface area contributed by atoms with Crippen LogP contribution in [0.3, 0.4) is 0 Å². The van der Waals surface area contributed by atoms with Crippen molar-refractivity contribution in [3.63, 3.8) is 0 Å². The molecule has 14 heteroatoms. The van der Waals surface area contributed by atoms with E-state index in [2.05, 4.69) is 92.1 Å². The molecule has 0 bridgehead atoms. The van der Waals surface area contributed by atoms with Gasteiger partial charge in [0, 0.05) is 6.42 Å². The van der Waals surface area contributed by atoms with Crippen LogP contribution in [0.4, 0.5) is 0 Å². The van der Waals surface area contributed by atoms with E-state index in [9.17, 15) is 45.6 Å². The van der Waals surface area contributed by atoms with Crippen LogP contribution in [0, 0.1) is 0 Å². The largest absolute Gasteiger partial charge is 0.394 e. The number of hydrogen-bond acceptors (Lipinski definition) is 13. The van der Waals surface area contributed by atoms with Crippen LogP contribution in [0.15, 0.2) is 85.1 Å². The average molecular weight is 1300 g/mol. The summed E-state index contributed by atoms with van der Waals surface area (Å²) in [6.07, 6.45) is 69.4. The van der Waals surface area contributed by atoms with Crippen molar-refractivity contribution in [2.45, 2.75) is 383 Å². The van der Waals surface area contributed by atoms with Gasteiger partial charge in [-0.1, -0.05) is 304 Å². The Balaban J connectivity index is 1.67. The lowest BCUT2D eigenvalue weighted by Gasteiger charge is -2.46. The number of allylic oxidation sites excluding steroid dienone is 13. The second kappa shape index (κ2) is 61.7. The lowest BCUT2D eigenvalue weighted by Crippen LogP contribution is -2.65. The monoisotopic (exact) mass is 1300 g/mol. The fourth-order valence-corrected chi connectivity index (χ4v) is 12.1. The molecule has 2 aliphatic heterocycles. The molecule has 0 aliphatic carbocycles. The van der Waals surface area contributed by atoms with Gasteiger partial charge in [0.15, 0.2) is 12.6 Å². The highest BCUT2D eigenvalue weighted by atomic mass is 16.7. The van der Waals surface area contributed by atoms with Crippen molar-refractivity contribution in [1.29, 1.82) is 0 Å². The summed E-state index contributed by atoms with van der Waals surface area (Å²) in [5.41, 5.74) is 0. The standard InChI is InChI=1S/C78H139NO13/c1-3-5-7-9-11-13-15-17-19-21-23-25-27-29-31-33-35-37-39-41-43-45-47-49-51-53-55-57-59-61-67(82)66(65-89-77-75(88)73(86)76(69(64-81)91-77)92-78-74(87)72(85)71(84)68(63-80)90-78)79-70(83)62-60-58-56-54-52-50-48-46-44-42-40-38-36-34-32-30-28-26-24-22-20-18-16-14-12-10-8-6-4-2/h6,8,12,14,18,20,24,26,43,45,51,53,59,61,66-69,71-78,80-82,84-88H,3-5,7,9-11,13,15-17,19,21-23,25,27-42,44,46-50,52,54-58,60,62-65H2,1-2H3,(H,79,83)/b8-6-,14-12-,20-18-,26-24-,45-43+,53-51+,61-59+. The van der Waals surface area contributed by atoms with E-state index in [1.807, 2.05) is 6.08 Å². The molecule has 2 aliphatic rings. The van der Waals surface area contributed by atoms with Gasteiger partial charge in [0.1, 0.15) is 48.8 Å². The SMILES string of the molecule is CC/C=C\C/C=C\C/C=C\C/C=C\CCCCCCCCCCCCCCCCCCC(=O)NC(COC1OC(CO)C(OC2OC(CO)C(O)C(O)C2O)C(O)C1O)C(O)/C=C/CC/C=C/CC/C=C/CCCCCCCCCCCCCCCCCCCCC. The van der Waals surface area contributed by atoms with E-state index in [4.69, 9.17) is 18.9 Å². The van der Waals surface area contributed by atoms with Crippen molar-refractivity contribution in [2.75, 3.05) is 19.8 Å². The summed E-state index contributed by atoms with van der Waals surface area (Å²) in [7, 11) is 0. The van der Waals surface area contributed by atoms with Crippen LogP contribution in [0.2, 0.25) is 0 Å². The van der Waals surface area contributed by atoms with Gasteiger partial charge in [0.2, 0.25) is 5.91 Å². The quantitative estimate of drug-likeness (QED) is 0.0204. The molecular weight excluding hydrogens is 1160 g/mol. The number of rotatable bonds is 62. The Hall–Kier alpha value is -2.83. The van der Waals surface area contributed by atoms with E-state index in [-0.39, 0.29) is 18.9 Å². The maximum absolute atomic E-state index is 13.4. The zero-order valence-corrected chi connectivity index (χ0v) is 58.3. The Morgan fingerprint density at radius 2 is 0.761 bits per heavy atom. The van der Waals surface area contributed by atoms with Crippen LogP contribution in [0.1, 0.15) is 309 Å². The van der Waals surface area contributed by atoms with E-state index in [1.165, 1.54) is 205 Å². The van der Waals surface area contributed by atoms with Crippen molar-refractivity contribution in [3.8, 4) is 0 Å². The Kier molecular flexibility index (Phi) is 57.2. The van der Waals surface area contributed by atoms with Gasteiger partial charge in [-0.2, -0.15) is 0 Å². The Morgan fingerprint density at radius 3 is 1.20 bits per heavy atom. The molecule has 2 heterocycles. The van der Waals surface area contributed by atoms with E-state index in [1.54, 1.807) is 6.08 Å². The lowest BCUT2D eigenvalue weighted by molar-refractivity contribution is -0.359. The summed E-state index contributed by atoms with van der Waals surface area (Å²) in [5, 5.41) is 87.5. The molecule has 534 valence electrons. The number of ether oxygens (including phenoxy) is 4. The molecule has 12 atom stereocenters. The van der Waals surface area contributed by atoms with Gasteiger partial charge in [0.25, 0.3) is 0 Å². The topological polar surface area (TPSA) is 228 Å². The third-order valence-electron chi connectivity index (χ3n) is 18.0. The first kappa shape index (κ1) is 85.3. The molecule has 0 radical (unpaired) electrons. The molecule has 2 saturated heterocycles. The highest BCUT2D eigenvalue weighted by Gasteiger charge is 2.51. The maximum atomic E-state index is 13.4. The number of nitrogens with one attached hydrogen (secondary N) is 1. The first-order valence-electron chi connectivity index (χ1n) is 37.8. The molecule has 14 nitrogen and oxygen atoms in total. The molecule has 2 rings (SSSR count). The highest BCUT2D eigenvalue weighted by molar-refractivity contribution is 5.76. The number of carbonyl (C=O) groups excluding carboxylic acids is 1. The minimum absolute atomic E-state index is 0.252. The van der Waals surface area contributed by atoms with Crippen LogP contribution in [0.5, 0.6) is 0 Å². The van der Waals surface area contributed by atoms with Crippen molar-refractivity contribution in [3.05, 3.63) is 85.1 Å². The second-order valence-corrected chi connectivity index (χ2v) is 26.4. The Labute approximate surface area is 561 Å². The molecule has 1 amide bonds. The predicted molar refractivity (Wildman–Crippen MR) is 378 cm³/mol. The fourth-order valence-electron chi connectivity index (χ4n) is 12.1. The van der Waals surface area contributed by atoms with Gasteiger partial charge >= 0.3 is 0 Å². The molecule has 92 heavy (non-hydrogen) atoms. The lowest BCUT2D eigenvalue weighted by atomic mass is 9.97. The van der Waals surface area contributed by atoms with E-state index < -0.39 is 86.8 Å². The van der Waals surface area contributed by atoms with Gasteiger partial charge < -0.3 is 65.1 Å². The first-order valence-corrected chi connectivity index (χ1v) is 37.8. The minimum atomic E-state index is -1.80. The van der Waals surface area contributed by atoms with Crippen molar-refractivity contribution >= 4 is 5.91 Å². The highest BCUT2D eigenvalue weighted by Crippen LogP contribution is 2.30. The molecule has 0 spiro atoms. The van der Waals surface area contributed by atoms with Gasteiger partial charge in [-0.15, -0.1) is 0 Å². The predicted octanol–water partition coefficient (Wildman–Crippen LogP) is 16.4. The number of amides is 1. The van der Waals surface area contributed by atoms with Crippen LogP contribution in [-0.2, 0) is 23.7 Å². The normalized spacial score (nSPS) is 23.2. The van der Waals surface area contributed by atoms with Crippen LogP contribution in [-0.4, -0.2) is 140 Å². The van der Waals surface area contributed by atoms with Crippen molar-refractivity contribution in [2.24, 2.45) is 0 Å². The molecule has 0 aromatic carbocycles. The number of unbranched alkanes of at least 4 members (excludes halogenated alkanes) is 37. The number of carbonyl (C=O) groups is 1. The van der Waals surface area contributed by atoms with Gasteiger partial charge in [-0.3, -0.25) is 4.79 Å². The maximum Gasteiger partial charge on any atom is 0.220 e. The zero-order chi connectivity index (χ0) is 66.6. The summed E-state index contributed by atoms with van der Waals surface area (Å²) >= 11 is 0. The van der Waals surface area contributed by atoms with Crippen LogP contribution < -0.4 is 5.32 Å². The van der Waals surface area contributed by atoms with Crippen LogP contribution >= 0.6 is 0 Å². The second-order valence-electron chi connectivity index (χ2n) is 26.4. The molecule has 0 aromatic heterocycles. The van der Waals surface area contributed by atoms with Crippen molar-refractivity contribution in [1.82, 2.24) is 5.32 Å². The van der Waals surface area contributed by atoms with Gasteiger partial charge in [0.05, 0.1) is 32.0 Å². The molecule has 2 fully saturated rings. The third-order valence-corrected chi connectivity index (χ3v) is 18.0. The summed E-state index contributed by atoms with van der Waals surface area (Å²) < 4.78 is 22.9. The molecule has 0 saturated carbocycles. The van der Waals surface area contributed by atoms with E-state index in [0.717, 1.165) is 70.6 Å². The summed E-state index contributed by atoms with van der Waals surface area (Å²) in [5.74, 6) is -0.252.